The largest absolute Gasteiger partial charge is 0.368 e. The molecule has 41 heavy (non-hydrogen) atoms. The first-order valence-electron chi connectivity index (χ1n) is 13.3. The summed E-state index contributed by atoms with van der Waals surface area (Å²) in [5.74, 6) is 0.180. The number of H-pyrrole nitrogens is 1. The van der Waals surface area contributed by atoms with Crippen LogP contribution in [0.15, 0.2) is 60.9 Å². The van der Waals surface area contributed by atoms with E-state index in [4.69, 9.17) is 17.2 Å². The predicted octanol–water partition coefficient (Wildman–Crippen LogP) is 2.52. The average molecular weight is 577 g/mol. The Kier molecular flexibility index (Phi) is 9.58. The van der Waals surface area contributed by atoms with Crippen molar-refractivity contribution >= 4 is 35.9 Å². The molecule has 2 heterocycles. The summed E-state index contributed by atoms with van der Waals surface area (Å²) in [7, 11) is 0. The highest BCUT2D eigenvalue weighted by Crippen LogP contribution is 2.33. The molecule has 13 heteroatoms. The zero-order chi connectivity index (χ0) is 28.1. The van der Waals surface area contributed by atoms with Crippen molar-refractivity contribution < 1.29 is 9.59 Å². The van der Waals surface area contributed by atoms with Crippen molar-refractivity contribution in [2.24, 2.45) is 23.3 Å². The van der Waals surface area contributed by atoms with Crippen LogP contribution in [-0.4, -0.2) is 55.0 Å². The second-order valence-corrected chi connectivity index (χ2v) is 10.1. The summed E-state index contributed by atoms with van der Waals surface area (Å²) < 4.78 is 0. The van der Waals surface area contributed by atoms with E-state index in [1.165, 1.54) is 0 Å². The normalized spacial score (nSPS) is 17.3. The number of nitrogens with two attached hydrogens (primary N) is 3. The molecule has 1 aliphatic rings. The van der Waals surface area contributed by atoms with Gasteiger partial charge in [-0.1, -0.05) is 24.3 Å². The number of aromatic nitrogens is 6. The lowest BCUT2D eigenvalue weighted by Gasteiger charge is -2.35. The molecule has 0 aliphatic heterocycles. The number of halogens is 1. The molecule has 2 aromatic carbocycles. The van der Waals surface area contributed by atoms with Crippen molar-refractivity contribution in [1.29, 1.82) is 0 Å². The third-order valence-corrected chi connectivity index (χ3v) is 7.53. The molecule has 5 rings (SSSR count). The number of rotatable bonds is 9. The number of nitrogens with zero attached hydrogens (tertiary/aromatic N) is 6. The van der Waals surface area contributed by atoms with Crippen LogP contribution < -0.4 is 22.1 Å². The number of nitrogens with one attached hydrogen (secondary N) is 1. The minimum Gasteiger partial charge on any atom is -0.368 e. The SMILES string of the molecule is Cl.NC[C@H]1CC[C@H](C(=O)N(c2ccc(-c3nnn[nH]3)cc2)[C@@H](Cc2cccc(-c3cnc(N)nc3)c2)C(N)=O)CC1. The lowest BCUT2D eigenvalue weighted by molar-refractivity contribution is -0.127. The van der Waals surface area contributed by atoms with Gasteiger partial charge in [0, 0.05) is 41.5 Å². The second-order valence-electron chi connectivity index (χ2n) is 10.1. The van der Waals surface area contributed by atoms with Gasteiger partial charge in [-0.2, -0.15) is 0 Å². The lowest BCUT2D eigenvalue weighted by atomic mass is 9.81. The molecule has 0 bridgehead atoms. The van der Waals surface area contributed by atoms with Gasteiger partial charge in [-0.3, -0.25) is 14.5 Å². The third-order valence-electron chi connectivity index (χ3n) is 7.53. The Bertz CT molecular complexity index is 1440. The predicted molar refractivity (Wildman–Crippen MR) is 157 cm³/mol. The molecule has 0 unspecified atom stereocenters. The van der Waals surface area contributed by atoms with E-state index in [1.54, 1.807) is 29.4 Å². The zero-order valence-electron chi connectivity index (χ0n) is 22.4. The first kappa shape index (κ1) is 29.6. The van der Waals surface area contributed by atoms with Crippen molar-refractivity contribution in [3.8, 4) is 22.5 Å². The topological polar surface area (TPSA) is 196 Å². The fraction of sp³-hybridized carbons (Fsp3) is 0.321. The molecule has 214 valence electrons. The van der Waals surface area contributed by atoms with Gasteiger partial charge >= 0.3 is 0 Å². The van der Waals surface area contributed by atoms with Crippen LogP contribution in [-0.2, 0) is 16.0 Å². The van der Waals surface area contributed by atoms with Crippen molar-refractivity contribution in [3.63, 3.8) is 0 Å². The first-order valence-corrected chi connectivity index (χ1v) is 13.3. The quantitative estimate of drug-likeness (QED) is 0.231. The number of carbonyl (C=O) groups excluding carboxylic acids is 2. The van der Waals surface area contributed by atoms with Crippen molar-refractivity contribution in [2.75, 3.05) is 17.2 Å². The van der Waals surface area contributed by atoms with E-state index in [9.17, 15) is 9.59 Å². The van der Waals surface area contributed by atoms with Crippen molar-refractivity contribution in [2.45, 2.75) is 38.1 Å². The zero-order valence-corrected chi connectivity index (χ0v) is 23.2. The van der Waals surface area contributed by atoms with Gasteiger partial charge in [0.05, 0.1) is 0 Å². The van der Waals surface area contributed by atoms with Crippen LogP contribution in [0.25, 0.3) is 22.5 Å². The van der Waals surface area contributed by atoms with Crippen LogP contribution in [0.4, 0.5) is 11.6 Å². The molecule has 2 aromatic heterocycles. The summed E-state index contributed by atoms with van der Waals surface area (Å²) in [4.78, 5) is 36.8. The molecule has 1 saturated carbocycles. The summed E-state index contributed by atoms with van der Waals surface area (Å²) in [5.41, 5.74) is 21.3. The van der Waals surface area contributed by atoms with Gasteiger partial charge in [0.1, 0.15) is 6.04 Å². The van der Waals surface area contributed by atoms with Gasteiger partial charge in [-0.05, 0) is 84.0 Å². The number of aromatic amines is 1. The number of hydrogen-bond donors (Lipinski definition) is 4. The number of amides is 2. The molecule has 1 fully saturated rings. The molecule has 4 aromatic rings. The maximum Gasteiger partial charge on any atom is 0.240 e. The molecule has 12 nitrogen and oxygen atoms in total. The maximum absolute atomic E-state index is 14.1. The number of hydrogen-bond acceptors (Lipinski definition) is 9. The maximum atomic E-state index is 14.1. The monoisotopic (exact) mass is 576 g/mol. The number of nitrogen functional groups attached to an aromatic ring is 1. The van der Waals surface area contributed by atoms with Crippen LogP contribution in [0.2, 0.25) is 0 Å². The molecule has 1 atom stereocenters. The Morgan fingerprint density at radius 3 is 2.29 bits per heavy atom. The van der Waals surface area contributed by atoms with Crippen LogP contribution in [0.1, 0.15) is 31.2 Å². The molecule has 0 spiro atoms. The van der Waals surface area contributed by atoms with Gasteiger partial charge in [0.2, 0.25) is 17.8 Å². The van der Waals surface area contributed by atoms with E-state index in [-0.39, 0.29) is 36.6 Å². The fourth-order valence-corrected chi connectivity index (χ4v) is 5.27. The molecular formula is C28H33ClN10O2. The van der Waals surface area contributed by atoms with E-state index in [2.05, 4.69) is 30.6 Å². The molecule has 1 aliphatic carbocycles. The van der Waals surface area contributed by atoms with Crippen LogP contribution in [0.3, 0.4) is 0 Å². The Morgan fingerprint density at radius 2 is 1.68 bits per heavy atom. The number of benzene rings is 2. The van der Waals surface area contributed by atoms with Gasteiger partial charge < -0.3 is 17.2 Å². The number of tetrazole rings is 1. The van der Waals surface area contributed by atoms with E-state index in [0.717, 1.165) is 47.9 Å². The summed E-state index contributed by atoms with van der Waals surface area (Å²) in [6, 6.07) is 14.0. The Balaban J connectivity index is 0.00000387. The fourth-order valence-electron chi connectivity index (χ4n) is 5.27. The van der Waals surface area contributed by atoms with Crippen LogP contribution >= 0.6 is 12.4 Å². The molecular weight excluding hydrogens is 544 g/mol. The molecule has 0 radical (unpaired) electrons. The van der Waals surface area contributed by atoms with Crippen LogP contribution in [0, 0.1) is 11.8 Å². The second kappa shape index (κ2) is 13.3. The number of carbonyl (C=O) groups is 2. The standard InChI is InChI=1S/C28H32N10O2.ClH/c29-14-17-4-6-20(7-5-17)27(40)38(23-10-8-19(9-11-23)26-34-36-37-35-26)24(25(30)39)13-18-2-1-3-21(12-18)22-15-32-28(31)33-16-22;/h1-3,8-12,15-17,20,24H,4-7,13-14,29H2,(H2,30,39)(H2,31,32,33)(H,34,35,36,37);1H/t17-,20-,24-;/m0./s1. The molecule has 0 saturated heterocycles. The highest BCUT2D eigenvalue weighted by atomic mass is 35.5. The summed E-state index contributed by atoms with van der Waals surface area (Å²) >= 11 is 0. The summed E-state index contributed by atoms with van der Waals surface area (Å²) in [6.45, 7) is 0.613. The Labute approximate surface area is 243 Å². The first-order chi connectivity index (χ1) is 19.4. The van der Waals surface area contributed by atoms with Crippen molar-refractivity contribution in [1.82, 2.24) is 30.6 Å². The number of primary amides is 1. The minimum absolute atomic E-state index is 0. The van der Waals surface area contributed by atoms with E-state index >= 15 is 0 Å². The van der Waals surface area contributed by atoms with Crippen LogP contribution in [0.5, 0.6) is 0 Å². The van der Waals surface area contributed by atoms with E-state index < -0.39 is 11.9 Å². The molecule has 2 amide bonds. The molecule has 7 N–H and O–H groups in total. The number of anilines is 2. The van der Waals surface area contributed by atoms with Gasteiger partial charge in [0.25, 0.3) is 0 Å². The van der Waals surface area contributed by atoms with Gasteiger partial charge in [0.15, 0.2) is 5.82 Å². The highest BCUT2D eigenvalue weighted by molar-refractivity contribution is 6.01. The smallest absolute Gasteiger partial charge is 0.240 e. The summed E-state index contributed by atoms with van der Waals surface area (Å²) in [5, 5.41) is 13.9. The lowest BCUT2D eigenvalue weighted by Crippen LogP contribution is -2.52. The third kappa shape index (κ3) is 6.84. The minimum atomic E-state index is -0.907. The van der Waals surface area contributed by atoms with Gasteiger partial charge in [-0.25, -0.2) is 15.1 Å². The van der Waals surface area contributed by atoms with Gasteiger partial charge in [-0.15, -0.1) is 17.5 Å². The summed E-state index contributed by atoms with van der Waals surface area (Å²) in [6.07, 6.45) is 6.72. The highest BCUT2D eigenvalue weighted by Gasteiger charge is 2.36. The van der Waals surface area contributed by atoms with Crippen molar-refractivity contribution in [3.05, 3.63) is 66.5 Å². The Hall–Kier alpha value is -4.42. The average Bonchev–Trinajstić information content (AvgIpc) is 3.53. The van der Waals surface area contributed by atoms with E-state index in [0.29, 0.717) is 24.0 Å². The van der Waals surface area contributed by atoms with E-state index in [1.807, 2.05) is 36.4 Å². The Morgan fingerprint density at radius 1 is 0.976 bits per heavy atom.